The van der Waals surface area contributed by atoms with Crippen LogP contribution in [0.2, 0.25) is 0 Å². The summed E-state index contributed by atoms with van der Waals surface area (Å²) in [5, 5.41) is 36.9. The topological polar surface area (TPSA) is 125 Å². The number of hydrogen-bond donors (Lipinski definition) is 3. The van der Waals surface area contributed by atoms with Gasteiger partial charge in [0, 0.05) is 17.0 Å². The van der Waals surface area contributed by atoms with Crippen LogP contribution in [0.25, 0.3) is 10.4 Å². The summed E-state index contributed by atoms with van der Waals surface area (Å²) in [6.07, 6.45) is 0. The second-order valence-electron chi connectivity index (χ2n) is 8.55. The third-order valence-corrected chi connectivity index (χ3v) is 6.23. The first-order chi connectivity index (χ1) is 15.5. The van der Waals surface area contributed by atoms with Gasteiger partial charge in [-0.05, 0) is 35.6 Å². The van der Waals surface area contributed by atoms with Gasteiger partial charge < -0.3 is 10.2 Å². The molecule has 3 N–H and O–H groups in total. The van der Waals surface area contributed by atoms with Crippen molar-refractivity contribution in [3.8, 4) is 16.2 Å². The number of nitrogens with zero attached hydrogens (tertiary/aromatic N) is 2. The van der Waals surface area contributed by atoms with Crippen LogP contribution in [0, 0.1) is 10.1 Å². The van der Waals surface area contributed by atoms with Crippen molar-refractivity contribution in [2.45, 2.75) is 39.7 Å². The van der Waals surface area contributed by atoms with E-state index in [0.29, 0.717) is 16.2 Å². The highest BCUT2D eigenvalue weighted by atomic mass is 32.1. The van der Waals surface area contributed by atoms with Crippen LogP contribution in [0.1, 0.15) is 54.7 Å². The molecule has 0 fully saturated rings. The monoisotopic (exact) mass is 467 g/mol. The van der Waals surface area contributed by atoms with Crippen LogP contribution >= 0.6 is 11.3 Å². The molecule has 1 amide bonds. The number of carbonyl (C=O) groups excluding carboxylic acids is 1. The van der Waals surface area contributed by atoms with Crippen molar-refractivity contribution >= 4 is 28.6 Å². The molecule has 0 aliphatic heterocycles. The van der Waals surface area contributed by atoms with Crippen LogP contribution < -0.4 is 5.43 Å². The Bertz CT molecular complexity index is 1220. The predicted molar refractivity (Wildman–Crippen MR) is 129 cm³/mol. The highest BCUT2D eigenvalue weighted by Gasteiger charge is 2.19. The van der Waals surface area contributed by atoms with Gasteiger partial charge in [0.2, 0.25) is 0 Å². The summed E-state index contributed by atoms with van der Waals surface area (Å²) in [6.45, 7) is 7.54. The van der Waals surface area contributed by atoms with Gasteiger partial charge in [0.15, 0.2) is 0 Å². The highest BCUT2D eigenvalue weighted by Crippen LogP contribution is 2.39. The molecule has 0 saturated carbocycles. The first kappa shape index (κ1) is 24.1. The van der Waals surface area contributed by atoms with Crippen molar-refractivity contribution in [2.24, 2.45) is 5.10 Å². The zero-order valence-electron chi connectivity index (χ0n) is 18.7. The molecule has 0 aliphatic rings. The van der Waals surface area contributed by atoms with Crippen molar-refractivity contribution in [1.29, 1.82) is 0 Å². The molecule has 0 spiro atoms. The SMILES string of the molecule is C/C(=N\NC(=O)c1ccc(CO)c([N+](=O)[O-])c1)c1csc(-c2ccc(C(C)(C)C)cc2)c1O. The Kier molecular flexibility index (Phi) is 6.95. The maximum absolute atomic E-state index is 12.4. The number of benzene rings is 2. The van der Waals surface area contributed by atoms with Gasteiger partial charge >= 0.3 is 0 Å². The Morgan fingerprint density at radius 2 is 1.85 bits per heavy atom. The number of hydrazone groups is 1. The fourth-order valence-corrected chi connectivity index (χ4v) is 4.21. The first-order valence-electron chi connectivity index (χ1n) is 10.2. The Morgan fingerprint density at radius 3 is 2.42 bits per heavy atom. The summed E-state index contributed by atoms with van der Waals surface area (Å²) >= 11 is 1.37. The zero-order chi connectivity index (χ0) is 24.3. The number of aromatic hydroxyl groups is 1. The summed E-state index contributed by atoms with van der Waals surface area (Å²) in [4.78, 5) is 23.6. The van der Waals surface area contributed by atoms with E-state index in [-0.39, 0.29) is 28.0 Å². The first-order valence-corrected chi connectivity index (χ1v) is 11.1. The van der Waals surface area contributed by atoms with Crippen molar-refractivity contribution in [3.63, 3.8) is 0 Å². The molecule has 0 unspecified atom stereocenters. The molecule has 0 saturated heterocycles. The Labute approximate surface area is 195 Å². The van der Waals surface area contributed by atoms with Crippen molar-refractivity contribution < 1.29 is 19.9 Å². The third-order valence-electron chi connectivity index (χ3n) is 5.21. The fraction of sp³-hybridized carbons (Fsp3) is 0.250. The van der Waals surface area contributed by atoms with E-state index in [1.54, 1.807) is 12.3 Å². The van der Waals surface area contributed by atoms with Crippen LogP contribution in [0.5, 0.6) is 5.75 Å². The summed E-state index contributed by atoms with van der Waals surface area (Å²) in [6, 6.07) is 11.8. The summed E-state index contributed by atoms with van der Waals surface area (Å²) < 4.78 is 0. The van der Waals surface area contributed by atoms with Crippen molar-refractivity contribution in [1.82, 2.24) is 5.43 Å². The van der Waals surface area contributed by atoms with E-state index in [1.807, 2.05) is 24.3 Å². The Hall–Kier alpha value is -3.56. The number of rotatable bonds is 6. The summed E-state index contributed by atoms with van der Waals surface area (Å²) in [7, 11) is 0. The van der Waals surface area contributed by atoms with Gasteiger partial charge in [0.25, 0.3) is 11.6 Å². The quantitative estimate of drug-likeness (QED) is 0.268. The molecule has 1 aromatic heterocycles. The van der Waals surface area contributed by atoms with Crippen molar-refractivity contribution in [3.05, 3.63) is 80.2 Å². The lowest BCUT2D eigenvalue weighted by atomic mass is 9.86. The van der Waals surface area contributed by atoms with Gasteiger partial charge in [-0.1, -0.05) is 45.0 Å². The van der Waals surface area contributed by atoms with E-state index in [2.05, 4.69) is 31.3 Å². The zero-order valence-corrected chi connectivity index (χ0v) is 19.6. The average Bonchev–Trinajstić information content (AvgIpc) is 3.17. The predicted octanol–water partition coefficient (Wildman–Crippen LogP) is 4.97. The molecule has 9 heteroatoms. The number of nitrogens with one attached hydrogen (secondary N) is 1. The van der Waals surface area contributed by atoms with Crippen LogP contribution in [0.3, 0.4) is 0 Å². The second-order valence-corrected chi connectivity index (χ2v) is 9.43. The number of carbonyl (C=O) groups is 1. The normalized spacial score (nSPS) is 12.0. The maximum Gasteiger partial charge on any atom is 0.275 e. The van der Waals surface area contributed by atoms with Gasteiger partial charge in [-0.3, -0.25) is 14.9 Å². The third kappa shape index (κ3) is 5.27. The molecule has 3 rings (SSSR count). The van der Waals surface area contributed by atoms with Gasteiger partial charge in [-0.15, -0.1) is 11.3 Å². The molecule has 1 heterocycles. The van der Waals surface area contributed by atoms with Gasteiger partial charge in [-0.2, -0.15) is 5.10 Å². The van der Waals surface area contributed by atoms with Crippen LogP contribution in [-0.2, 0) is 12.0 Å². The van der Waals surface area contributed by atoms with Crippen LogP contribution in [0.4, 0.5) is 5.69 Å². The molecule has 0 atom stereocenters. The number of aliphatic hydroxyl groups is 1. The molecule has 0 aliphatic carbocycles. The molecular weight excluding hydrogens is 442 g/mol. The number of aliphatic hydroxyl groups excluding tert-OH is 1. The molecule has 8 nitrogen and oxygen atoms in total. The van der Waals surface area contributed by atoms with E-state index in [4.69, 9.17) is 0 Å². The minimum Gasteiger partial charge on any atom is -0.506 e. The molecule has 172 valence electrons. The van der Waals surface area contributed by atoms with Crippen LogP contribution in [-0.4, -0.2) is 26.8 Å². The highest BCUT2D eigenvalue weighted by molar-refractivity contribution is 7.14. The van der Waals surface area contributed by atoms with E-state index < -0.39 is 17.4 Å². The second kappa shape index (κ2) is 9.51. The largest absolute Gasteiger partial charge is 0.506 e. The van der Waals surface area contributed by atoms with Crippen molar-refractivity contribution in [2.75, 3.05) is 0 Å². The minimum absolute atomic E-state index is 0.0292. The standard InChI is InChI=1S/C24H25N3O5S/c1-14(25-26-23(30)16-5-6-17(12-28)20(11-16)27(31)32)19-13-33-22(21(19)29)15-7-9-18(10-8-15)24(2,3)4/h5-11,13,28-29H,12H2,1-4H3,(H,26,30)/b25-14+. The lowest BCUT2D eigenvalue weighted by molar-refractivity contribution is -0.385. The lowest BCUT2D eigenvalue weighted by Gasteiger charge is -2.19. The average molecular weight is 468 g/mol. The Morgan fingerprint density at radius 1 is 1.18 bits per heavy atom. The molecular formula is C24H25N3O5S. The molecule has 3 aromatic rings. The van der Waals surface area contributed by atoms with E-state index in [1.165, 1.54) is 29.0 Å². The van der Waals surface area contributed by atoms with E-state index >= 15 is 0 Å². The molecule has 0 bridgehead atoms. The molecule has 2 aromatic carbocycles. The van der Waals surface area contributed by atoms with Gasteiger partial charge in [0.05, 0.1) is 33.2 Å². The maximum atomic E-state index is 12.4. The summed E-state index contributed by atoms with van der Waals surface area (Å²) in [5.41, 5.74) is 5.13. The van der Waals surface area contributed by atoms with Gasteiger partial charge in [0.1, 0.15) is 5.75 Å². The number of nitro groups is 1. The van der Waals surface area contributed by atoms with Crippen LogP contribution in [0.15, 0.2) is 52.9 Å². The van der Waals surface area contributed by atoms with Gasteiger partial charge in [-0.25, -0.2) is 5.43 Å². The minimum atomic E-state index is -0.657. The molecule has 33 heavy (non-hydrogen) atoms. The van der Waals surface area contributed by atoms with E-state index in [9.17, 15) is 25.1 Å². The van der Waals surface area contributed by atoms with E-state index in [0.717, 1.165) is 11.6 Å². The number of hydrogen-bond acceptors (Lipinski definition) is 7. The smallest absolute Gasteiger partial charge is 0.275 e. The Balaban J connectivity index is 1.79. The number of nitro benzene ring substituents is 1. The summed E-state index contributed by atoms with van der Waals surface area (Å²) in [5.74, 6) is -0.573. The fourth-order valence-electron chi connectivity index (χ4n) is 3.20. The number of amides is 1. The lowest BCUT2D eigenvalue weighted by Crippen LogP contribution is -2.19. The molecule has 0 radical (unpaired) electrons. The number of thiophene rings is 1.